The number of halogens is 2. The lowest BCUT2D eigenvalue weighted by atomic mass is 9.64. The predicted molar refractivity (Wildman–Crippen MR) is 88.4 cm³/mol. The molecule has 0 spiro atoms. The minimum absolute atomic E-state index is 0.191. The summed E-state index contributed by atoms with van der Waals surface area (Å²) in [7, 11) is 0. The zero-order valence-electron chi connectivity index (χ0n) is 12.6. The van der Waals surface area contributed by atoms with Crippen LogP contribution in [0, 0.1) is 17.3 Å². The van der Waals surface area contributed by atoms with Crippen LogP contribution in [-0.4, -0.2) is 6.04 Å². The first-order valence-corrected chi connectivity index (χ1v) is 8.24. The minimum Gasteiger partial charge on any atom is -0.327 e. The lowest BCUT2D eigenvalue weighted by Gasteiger charge is -2.43. The molecule has 1 saturated carbocycles. The summed E-state index contributed by atoms with van der Waals surface area (Å²) in [6.07, 6.45) is 4.67. The van der Waals surface area contributed by atoms with E-state index >= 15 is 0 Å². The number of hydrogen-bond acceptors (Lipinski definition) is 1. The second-order valence-corrected chi connectivity index (χ2v) is 7.92. The fourth-order valence-electron chi connectivity index (χ4n) is 3.70. The van der Waals surface area contributed by atoms with E-state index < -0.39 is 0 Å². The molecule has 3 unspecified atom stereocenters. The molecule has 1 aliphatic rings. The quantitative estimate of drug-likeness (QED) is 0.802. The molecular weight excluding hydrogens is 289 g/mol. The zero-order chi connectivity index (χ0) is 14.9. The maximum atomic E-state index is 6.42. The Morgan fingerprint density at radius 3 is 2.50 bits per heavy atom. The van der Waals surface area contributed by atoms with Crippen molar-refractivity contribution in [3.05, 3.63) is 33.8 Å². The van der Waals surface area contributed by atoms with Crippen molar-refractivity contribution in [3.8, 4) is 0 Å². The van der Waals surface area contributed by atoms with Crippen molar-refractivity contribution in [3.63, 3.8) is 0 Å². The van der Waals surface area contributed by atoms with Crippen LogP contribution in [0.5, 0.6) is 0 Å². The van der Waals surface area contributed by atoms with Crippen LogP contribution in [0.25, 0.3) is 0 Å². The van der Waals surface area contributed by atoms with Gasteiger partial charge in [0.25, 0.3) is 0 Å². The molecule has 0 saturated heterocycles. The SMILES string of the molecule is CC1CCC(C(C)(C)Cc2ccc(Cl)c(Cl)c2)C(N)C1. The highest BCUT2D eigenvalue weighted by molar-refractivity contribution is 6.42. The summed E-state index contributed by atoms with van der Waals surface area (Å²) in [6, 6.07) is 6.27. The first-order chi connectivity index (χ1) is 9.29. The molecule has 1 aliphatic carbocycles. The average Bonchev–Trinajstić information content (AvgIpc) is 2.33. The average molecular weight is 314 g/mol. The minimum atomic E-state index is 0.191. The monoisotopic (exact) mass is 313 g/mol. The lowest BCUT2D eigenvalue weighted by Crippen LogP contribution is -2.44. The smallest absolute Gasteiger partial charge is 0.0595 e. The van der Waals surface area contributed by atoms with Crippen molar-refractivity contribution in [2.75, 3.05) is 0 Å². The molecule has 0 amide bonds. The Labute approximate surface area is 132 Å². The van der Waals surface area contributed by atoms with Gasteiger partial charge in [-0.05, 0) is 54.2 Å². The molecule has 1 aromatic rings. The van der Waals surface area contributed by atoms with Crippen molar-refractivity contribution >= 4 is 23.2 Å². The predicted octanol–water partition coefficient (Wildman–Crippen LogP) is 5.33. The third-order valence-electron chi connectivity index (χ3n) is 4.81. The molecular formula is C17H25Cl2N. The van der Waals surface area contributed by atoms with Gasteiger partial charge in [-0.3, -0.25) is 0 Å². The van der Waals surface area contributed by atoms with Gasteiger partial charge in [0.05, 0.1) is 10.0 Å². The summed E-state index contributed by atoms with van der Waals surface area (Å²) in [4.78, 5) is 0. The van der Waals surface area contributed by atoms with Gasteiger partial charge in [0.15, 0.2) is 0 Å². The summed E-state index contributed by atoms with van der Waals surface area (Å²) in [5.74, 6) is 1.34. The molecule has 1 fully saturated rings. The standard InChI is InChI=1S/C17H25Cl2N/c1-11-4-6-13(16(20)8-11)17(2,3)10-12-5-7-14(18)15(19)9-12/h5,7,9,11,13,16H,4,6,8,10,20H2,1-3H3. The van der Waals surface area contributed by atoms with Crippen LogP contribution >= 0.6 is 23.2 Å². The Morgan fingerprint density at radius 2 is 1.90 bits per heavy atom. The topological polar surface area (TPSA) is 26.0 Å². The molecule has 112 valence electrons. The molecule has 2 rings (SSSR count). The number of rotatable bonds is 3. The normalized spacial score (nSPS) is 27.6. The molecule has 0 aliphatic heterocycles. The van der Waals surface area contributed by atoms with Gasteiger partial charge in [-0.2, -0.15) is 0 Å². The molecule has 2 N–H and O–H groups in total. The van der Waals surface area contributed by atoms with Gasteiger partial charge in [0, 0.05) is 6.04 Å². The highest BCUT2D eigenvalue weighted by atomic mass is 35.5. The molecule has 0 aromatic heterocycles. The van der Waals surface area contributed by atoms with Crippen molar-refractivity contribution < 1.29 is 0 Å². The second kappa shape index (κ2) is 6.25. The third-order valence-corrected chi connectivity index (χ3v) is 5.55. The van der Waals surface area contributed by atoms with Crippen LogP contribution < -0.4 is 5.73 Å². The van der Waals surface area contributed by atoms with Crippen LogP contribution in [0.3, 0.4) is 0 Å². The summed E-state index contributed by atoms with van der Waals surface area (Å²) >= 11 is 12.1. The van der Waals surface area contributed by atoms with Gasteiger partial charge >= 0.3 is 0 Å². The van der Waals surface area contributed by atoms with Gasteiger partial charge in [-0.15, -0.1) is 0 Å². The lowest BCUT2D eigenvalue weighted by molar-refractivity contribution is 0.113. The molecule has 0 radical (unpaired) electrons. The van der Waals surface area contributed by atoms with Crippen molar-refractivity contribution in [1.82, 2.24) is 0 Å². The number of hydrogen-bond donors (Lipinski definition) is 1. The zero-order valence-corrected chi connectivity index (χ0v) is 14.1. The van der Waals surface area contributed by atoms with Gasteiger partial charge in [-0.1, -0.05) is 56.5 Å². The highest BCUT2D eigenvalue weighted by Gasteiger charge is 2.37. The van der Waals surface area contributed by atoms with Crippen LogP contribution in [0.4, 0.5) is 0 Å². The van der Waals surface area contributed by atoms with E-state index in [1.165, 1.54) is 18.4 Å². The van der Waals surface area contributed by atoms with E-state index in [1.54, 1.807) is 0 Å². The van der Waals surface area contributed by atoms with Crippen molar-refractivity contribution in [2.45, 2.75) is 52.5 Å². The first kappa shape index (κ1) is 16.1. The second-order valence-electron chi connectivity index (χ2n) is 7.10. The van der Waals surface area contributed by atoms with E-state index in [1.807, 2.05) is 12.1 Å². The van der Waals surface area contributed by atoms with Crippen LogP contribution in [0.1, 0.15) is 45.6 Å². The van der Waals surface area contributed by atoms with E-state index in [-0.39, 0.29) is 5.41 Å². The van der Waals surface area contributed by atoms with Crippen LogP contribution in [0.15, 0.2) is 18.2 Å². The van der Waals surface area contributed by atoms with Crippen LogP contribution in [-0.2, 0) is 6.42 Å². The Kier molecular flexibility index (Phi) is 5.05. The summed E-state index contributed by atoms with van der Waals surface area (Å²) in [5, 5.41) is 1.26. The number of benzene rings is 1. The van der Waals surface area contributed by atoms with Crippen molar-refractivity contribution in [1.29, 1.82) is 0 Å². The molecule has 20 heavy (non-hydrogen) atoms. The molecule has 0 heterocycles. The van der Waals surface area contributed by atoms with Gasteiger partial charge in [-0.25, -0.2) is 0 Å². The van der Waals surface area contributed by atoms with E-state index in [2.05, 4.69) is 26.8 Å². The van der Waals surface area contributed by atoms with Gasteiger partial charge in [0.2, 0.25) is 0 Å². The summed E-state index contributed by atoms with van der Waals surface area (Å²) in [5.41, 5.74) is 7.85. The highest BCUT2D eigenvalue weighted by Crippen LogP contribution is 2.42. The van der Waals surface area contributed by atoms with Gasteiger partial charge in [0.1, 0.15) is 0 Å². The molecule has 1 nitrogen and oxygen atoms in total. The first-order valence-electron chi connectivity index (χ1n) is 7.49. The Hall–Kier alpha value is -0.240. The Morgan fingerprint density at radius 1 is 1.20 bits per heavy atom. The van der Waals surface area contributed by atoms with E-state index in [4.69, 9.17) is 28.9 Å². The van der Waals surface area contributed by atoms with E-state index in [0.29, 0.717) is 22.0 Å². The van der Waals surface area contributed by atoms with Crippen LogP contribution in [0.2, 0.25) is 10.0 Å². The molecule has 0 bridgehead atoms. The molecule has 1 aromatic carbocycles. The number of nitrogens with two attached hydrogens (primary N) is 1. The van der Waals surface area contributed by atoms with E-state index in [9.17, 15) is 0 Å². The Balaban J connectivity index is 2.11. The fourth-order valence-corrected chi connectivity index (χ4v) is 4.02. The van der Waals surface area contributed by atoms with E-state index in [0.717, 1.165) is 18.8 Å². The summed E-state index contributed by atoms with van der Waals surface area (Å²) < 4.78 is 0. The van der Waals surface area contributed by atoms with Crippen molar-refractivity contribution in [2.24, 2.45) is 23.0 Å². The Bertz CT molecular complexity index is 470. The molecule has 3 heteroatoms. The maximum Gasteiger partial charge on any atom is 0.0595 e. The largest absolute Gasteiger partial charge is 0.327 e. The summed E-state index contributed by atoms with van der Waals surface area (Å²) in [6.45, 7) is 6.97. The maximum absolute atomic E-state index is 6.42. The third kappa shape index (κ3) is 3.69. The molecule has 3 atom stereocenters. The van der Waals surface area contributed by atoms with Gasteiger partial charge < -0.3 is 5.73 Å². The fraction of sp³-hybridized carbons (Fsp3) is 0.647.